The predicted molar refractivity (Wildman–Crippen MR) is 45.8 cm³/mol. The van der Waals surface area contributed by atoms with Crippen LogP contribution in [-0.4, -0.2) is 14.7 Å². The number of hydrogen-bond acceptors (Lipinski definition) is 2. The zero-order valence-electron chi connectivity index (χ0n) is 6.48. The second-order valence-corrected chi connectivity index (χ2v) is 4.34. The molecule has 4 heteroatoms. The molecule has 12 heavy (non-hydrogen) atoms. The highest BCUT2D eigenvalue weighted by molar-refractivity contribution is 7.90. The standard InChI is InChI=1S/C8H7NO2S/c1-9-7-5-3-4-6-8(7)12(2,10)11/h3-6H,2H3. The molecule has 0 spiro atoms. The zero-order chi connectivity index (χ0) is 9.19. The van der Waals surface area contributed by atoms with Crippen molar-refractivity contribution >= 4 is 15.5 Å². The van der Waals surface area contributed by atoms with Gasteiger partial charge in [0.1, 0.15) is 0 Å². The van der Waals surface area contributed by atoms with Crippen LogP contribution in [0.25, 0.3) is 4.85 Å². The van der Waals surface area contributed by atoms with E-state index in [0.717, 1.165) is 6.26 Å². The van der Waals surface area contributed by atoms with Gasteiger partial charge in [-0.15, -0.1) is 0 Å². The summed E-state index contributed by atoms with van der Waals surface area (Å²) in [6.45, 7) is 6.73. The van der Waals surface area contributed by atoms with E-state index in [1.807, 2.05) is 0 Å². The minimum atomic E-state index is -3.26. The fourth-order valence-corrected chi connectivity index (χ4v) is 1.68. The first kappa shape index (κ1) is 8.75. The van der Waals surface area contributed by atoms with Gasteiger partial charge in [-0.25, -0.2) is 13.3 Å². The molecular formula is C8H7NO2S. The maximum atomic E-state index is 11.1. The van der Waals surface area contributed by atoms with Gasteiger partial charge in [-0.05, 0) is 0 Å². The molecule has 0 unspecified atom stereocenters. The van der Waals surface area contributed by atoms with Crippen LogP contribution in [0.15, 0.2) is 29.2 Å². The summed E-state index contributed by atoms with van der Waals surface area (Å²) < 4.78 is 22.1. The molecular weight excluding hydrogens is 174 g/mol. The summed E-state index contributed by atoms with van der Waals surface area (Å²) in [6, 6.07) is 6.17. The third-order valence-electron chi connectivity index (χ3n) is 1.39. The van der Waals surface area contributed by atoms with E-state index in [2.05, 4.69) is 4.85 Å². The van der Waals surface area contributed by atoms with Gasteiger partial charge >= 0.3 is 0 Å². The largest absolute Gasteiger partial charge is 0.237 e. The first-order valence-electron chi connectivity index (χ1n) is 3.22. The smallest absolute Gasteiger partial charge is 0.205 e. The highest BCUT2D eigenvalue weighted by Crippen LogP contribution is 2.22. The second-order valence-electron chi connectivity index (χ2n) is 2.35. The lowest BCUT2D eigenvalue weighted by atomic mass is 10.3. The molecule has 0 aliphatic heterocycles. The summed E-state index contributed by atoms with van der Waals surface area (Å²) in [5.74, 6) is 0. The molecule has 0 atom stereocenters. The number of benzene rings is 1. The SMILES string of the molecule is [C-]#[N+]c1ccccc1S(C)(=O)=O. The van der Waals surface area contributed by atoms with E-state index in [1.165, 1.54) is 12.1 Å². The topological polar surface area (TPSA) is 38.5 Å². The Morgan fingerprint density at radius 2 is 1.92 bits per heavy atom. The minimum Gasteiger partial charge on any atom is -0.237 e. The molecule has 62 valence electrons. The molecule has 0 heterocycles. The summed E-state index contributed by atoms with van der Waals surface area (Å²) in [5, 5.41) is 0. The molecule has 0 aliphatic rings. The van der Waals surface area contributed by atoms with Crippen molar-refractivity contribution in [2.24, 2.45) is 0 Å². The number of nitrogens with zero attached hydrogens (tertiary/aromatic N) is 1. The van der Waals surface area contributed by atoms with Crippen molar-refractivity contribution in [3.05, 3.63) is 35.7 Å². The molecule has 0 amide bonds. The van der Waals surface area contributed by atoms with E-state index in [1.54, 1.807) is 12.1 Å². The van der Waals surface area contributed by atoms with Crippen LogP contribution in [0.3, 0.4) is 0 Å². The average molecular weight is 181 g/mol. The van der Waals surface area contributed by atoms with Crippen LogP contribution >= 0.6 is 0 Å². The number of sulfone groups is 1. The molecule has 0 saturated carbocycles. The Labute approximate surface area is 71.4 Å². The highest BCUT2D eigenvalue weighted by Gasteiger charge is 2.11. The summed E-state index contributed by atoms with van der Waals surface area (Å²) in [7, 11) is -3.26. The number of para-hydroxylation sites is 1. The number of hydrogen-bond donors (Lipinski definition) is 0. The lowest BCUT2D eigenvalue weighted by Gasteiger charge is -1.98. The van der Waals surface area contributed by atoms with Crippen LogP contribution in [0.1, 0.15) is 0 Å². The van der Waals surface area contributed by atoms with Gasteiger partial charge in [0.2, 0.25) is 5.69 Å². The Hall–Kier alpha value is -1.34. The van der Waals surface area contributed by atoms with Crippen LogP contribution < -0.4 is 0 Å². The van der Waals surface area contributed by atoms with Gasteiger partial charge in [-0.3, -0.25) is 0 Å². The number of rotatable bonds is 1. The van der Waals surface area contributed by atoms with Crippen molar-refractivity contribution < 1.29 is 8.42 Å². The van der Waals surface area contributed by atoms with Gasteiger partial charge in [0.05, 0.1) is 11.5 Å². The Bertz CT molecular complexity index is 429. The summed E-state index contributed by atoms with van der Waals surface area (Å²) in [5.41, 5.74) is 0.181. The monoisotopic (exact) mass is 181 g/mol. The van der Waals surface area contributed by atoms with Crippen molar-refractivity contribution in [3.63, 3.8) is 0 Å². The van der Waals surface area contributed by atoms with Crippen molar-refractivity contribution in [2.45, 2.75) is 4.90 Å². The van der Waals surface area contributed by atoms with E-state index in [4.69, 9.17) is 6.57 Å². The molecule has 0 fully saturated rings. The molecule has 1 aromatic carbocycles. The van der Waals surface area contributed by atoms with E-state index in [-0.39, 0.29) is 10.6 Å². The van der Waals surface area contributed by atoms with Gasteiger partial charge in [0.25, 0.3) is 0 Å². The Balaban J connectivity index is 3.47. The molecule has 0 aromatic heterocycles. The molecule has 0 aliphatic carbocycles. The van der Waals surface area contributed by atoms with E-state index in [9.17, 15) is 8.42 Å². The van der Waals surface area contributed by atoms with E-state index < -0.39 is 9.84 Å². The molecule has 0 N–H and O–H groups in total. The quantitative estimate of drug-likeness (QED) is 0.618. The van der Waals surface area contributed by atoms with Gasteiger partial charge in [-0.2, -0.15) is 0 Å². The van der Waals surface area contributed by atoms with Crippen LogP contribution in [0.2, 0.25) is 0 Å². The first-order chi connectivity index (χ1) is 5.55. The van der Waals surface area contributed by atoms with Crippen LogP contribution in [0, 0.1) is 6.57 Å². The summed E-state index contributed by atoms with van der Waals surface area (Å²) in [6.07, 6.45) is 1.09. The minimum absolute atomic E-state index is 0.0972. The average Bonchev–Trinajstić information content (AvgIpc) is 2.03. The Morgan fingerprint density at radius 3 is 2.33 bits per heavy atom. The summed E-state index contributed by atoms with van der Waals surface area (Å²) >= 11 is 0. The highest BCUT2D eigenvalue weighted by atomic mass is 32.2. The van der Waals surface area contributed by atoms with Gasteiger partial charge < -0.3 is 0 Å². The zero-order valence-corrected chi connectivity index (χ0v) is 7.30. The van der Waals surface area contributed by atoms with Gasteiger partial charge in [-0.1, -0.05) is 24.3 Å². The predicted octanol–water partition coefficient (Wildman–Crippen LogP) is 1.64. The molecule has 1 aromatic rings. The van der Waals surface area contributed by atoms with Gasteiger partial charge in [0, 0.05) is 6.26 Å². The lowest BCUT2D eigenvalue weighted by Crippen LogP contribution is -1.96. The van der Waals surface area contributed by atoms with E-state index in [0.29, 0.717) is 0 Å². The van der Waals surface area contributed by atoms with Crippen molar-refractivity contribution in [2.75, 3.05) is 6.26 Å². The van der Waals surface area contributed by atoms with Crippen molar-refractivity contribution in [1.29, 1.82) is 0 Å². The fraction of sp³-hybridized carbons (Fsp3) is 0.125. The van der Waals surface area contributed by atoms with Crippen LogP contribution in [0.4, 0.5) is 5.69 Å². The van der Waals surface area contributed by atoms with Crippen molar-refractivity contribution in [3.8, 4) is 0 Å². The van der Waals surface area contributed by atoms with Gasteiger partial charge in [0.15, 0.2) is 9.84 Å². The second kappa shape index (κ2) is 2.95. The van der Waals surface area contributed by atoms with Crippen LogP contribution in [0.5, 0.6) is 0 Å². The maximum absolute atomic E-state index is 11.1. The molecule has 0 bridgehead atoms. The first-order valence-corrected chi connectivity index (χ1v) is 5.11. The van der Waals surface area contributed by atoms with E-state index >= 15 is 0 Å². The molecule has 0 saturated heterocycles. The normalized spacial score (nSPS) is 10.7. The fourth-order valence-electron chi connectivity index (χ4n) is 0.863. The van der Waals surface area contributed by atoms with Crippen LogP contribution in [-0.2, 0) is 9.84 Å². The Kier molecular flexibility index (Phi) is 2.15. The van der Waals surface area contributed by atoms with Crippen molar-refractivity contribution in [1.82, 2.24) is 0 Å². The third kappa shape index (κ3) is 1.63. The summed E-state index contributed by atoms with van der Waals surface area (Å²) in [4.78, 5) is 3.21. The third-order valence-corrected chi connectivity index (χ3v) is 2.53. The Morgan fingerprint density at radius 1 is 1.33 bits per heavy atom. The molecule has 1 rings (SSSR count). The lowest BCUT2D eigenvalue weighted by molar-refractivity contribution is 0.602. The maximum Gasteiger partial charge on any atom is 0.205 e. The molecule has 0 radical (unpaired) electrons. The molecule has 3 nitrogen and oxygen atoms in total.